The second-order valence-electron chi connectivity index (χ2n) is 7.09. The number of benzene rings is 3. The number of rotatable bonds is 4. The number of aliphatic hydroxyl groups excluding tert-OH is 1. The first-order valence-corrected chi connectivity index (χ1v) is 9.85. The predicted octanol–water partition coefficient (Wildman–Crippen LogP) is 4.37. The molecule has 1 fully saturated rings. The molecule has 3 aromatic rings. The Morgan fingerprint density at radius 3 is 2.19 bits per heavy atom. The number of aromatic carboxylic acids is 1. The lowest BCUT2D eigenvalue weighted by Gasteiger charge is -2.26. The number of carbonyl (C=O) groups is 3. The molecule has 32 heavy (non-hydrogen) atoms. The molecule has 1 saturated heterocycles. The SMILES string of the molecule is O=C1C(=O)N(c2ccc(O)c(C(=O)O)c2)C(c2ccc(Cl)cc2)/C1=C(\O)c1ccccc1. The molecule has 1 aliphatic rings. The van der Waals surface area contributed by atoms with Gasteiger partial charge in [-0.1, -0.05) is 54.1 Å². The number of hydrogen-bond acceptors (Lipinski definition) is 5. The molecule has 1 atom stereocenters. The zero-order chi connectivity index (χ0) is 23.0. The predicted molar refractivity (Wildman–Crippen MR) is 118 cm³/mol. The minimum absolute atomic E-state index is 0.0781. The first-order chi connectivity index (χ1) is 15.3. The molecule has 160 valence electrons. The minimum Gasteiger partial charge on any atom is -0.507 e. The van der Waals surface area contributed by atoms with Crippen molar-refractivity contribution >= 4 is 40.7 Å². The molecule has 1 heterocycles. The summed E-state index contributed by atoms with van der Waals surface area (Å²) < 4.78 is 0. The number of Topliss-reactive ketones (excluding diaryl/α,β-unsaturated/α-hetero) is 1. The maximum atomic E-state index is 13.1. The van der Waals surface area contributed by atoms with Gasteiger partial charge in [-0.25, -0.2) is 4.79 Å². The summed E-state index contributed by atoms with van der Waals surface area (Å²) in [5.41, 5.74) is 0.336. The summed E-state index contributed by atoms with van der Waals surface area (Å²) in [6.45, 7) is 0. The average molecular weight is 450 g/mol. The molecule has 0 aliphatic carbocycles. The summed E-state index contributed by atoms with van der Waals surface area (Å²) in [5.74, 6) is -4.09. The van der Waals surface area contributed by atoms with Crippen molar-refractivity contribution in [2.75, 3.05) is 4.90 Å². The molecule has 1 unspecified atom stereocenters. The largest absolute Gasteiger partial charge is 0.507 e. The van der Waals surface area contributed by atoms with E-state index in [4.69, 9.17) is 11.6 Å². The van der Waals surface area contributed by atoms with Gasteiger partial charge in [0.15, 0.2) is 0 Å². The smallest absolute Gasteiger partial charge is 0.339 e. The van der Waals surface area contributed by atoms with Crippen LogP contribution < -0.4 is 4.90 Å². The Balaban J connectivity index is 1.96. The van der Waals surface area contributed by atoms with Crippen molar-refractivity contribution in [2.45, 2.75) is 6.04 Å². The minimum atomic E-state index is -1.40. The molecule has 3 aromatic carbocycles. The molecule has 1 aliphatic heterocycles. The van der Waals surface area contributed by atoms with Gasteiger partial charge in [0.2, 0.25) is 0 Å². The summed E-state index contributed by atoms with van der Waals surface area (Å²) in [5, 5.41) is 30.6. The standard InChI is InChI=1S/C24H16ClNO6/c25-15-8-6-13(7-9-15)20-19(21(28)14-4-2-1-3-5-14)22(29)23(30)26(20)16-10-11-18(27)17(12-16)24(31)32/h1-12,20,27-28H,(H,31,32)/b21-19+. The fourth-order valence-electron chi connectivity index (χ4n) is 3.66. The van der Waals surface area contributed by atoms with E-state index in [1.807, 2.05) is 0 Å². The van der Waals surface area contributed by atoms with E-state index in [1.54, 1.807) is 54.6 Å². The number of amides is 1. The molecule has 7 nitrogen and oxygen atoms in total. The molecule has 4 rings (SSSR count). The van der Waals surface area contributed by atoms with E-state index < -0.39 is 35.0 Å². The van der Waals surface area contributed by atoms with E-state index in [9.17, 15) is 29.7 Å². The van der Waals surface area contributed by atoms with Gasteiger partial charge in [0.25, 0.3) is 11.7 Å². The molecule has 0 bridgehead atoms. The molecule has 8 heteroatoms. The first kappa shape index (κ1) is 21.1. The van der Waals surface area contributed by atoms with Gasteiger partial charge < -0.3 is 15.3 Å². The Bertz CT molecular complexity index is 1270. The van der Waals surface area contributed by atoms with E-state index in [0.717, 1.165) is 17.0 Å². The molecular weight excluding hydrogens is 434 g/mol. The summed E-state index contributed by atoms with van der Waals surface area (Å²) in [6.07, 6.45) is 0. The van der Waals surface area contributed by atoms with Crippen molar-refractivity contribution in [3.8, 4) is 5.75 Å². The topological polar surface area (TPSA) is 115 Å². The van der Waals surface area contributed by atoms with Gasteiger partial charge in [0.05, 0.1) is 11.6 Å². The quantitative estimate of drug-likeness (QED) is 0.309. The Hall–Kier alpha value is -4.10. The van der Waals surface area contributed by atoms with Crippen LogP contribution in [0.15, 0.2) is 78.4 Å². The van der Waals surface area contributed by atoms with Crippen LogP contribution in [0.2, 0.25) is 5.02 Å². The number of hydrogen-bond donors (Lipinski definition) is 3. The number of carboxylic acids is 1. The maximum absolute atomic E-state index is 13.1. The van der Waals surface area contributed by atoms with E-state index in [-0.39, 0.29) is 17.0 Å². The van der Waals surface area contributed by atoms with E-state index in [2.05, 4.69) is 0 Å². The molecule has 0 spiro atoms. The van der Waals surface area contributed by atoms with Crippen LogP contribution in [0.25, 0.3) is 5.76 Å². The van der Waals surface area contributed by atoms with Gasteiger partial charge >= 0.3 is 5.97 Å². The van der Waals surface area contributed by atoms with Gasteiger partial charge in [-0.15, -0.1) is 0 Å². The molecular formula is C24H16ClNO6. The van der Waals surface area contributed by atoms with Crippen LogP contribution >= 0.6 is 11.6 Å². The summed E-state index contributed by atoms with van der Waals surface area (Å²) >= 11 is 6.00. The number of anilines is 1. The van der Waals surface area contributed by atoms with Crippen molar-refractivity contribution < 1.29 is 29.7 Å². The molecule has 1 amide bonds. The van der Waals surface area contributed by atoms with Gasteiger partial charge in [0, 0.05) is 16.3 Å². The molecule has 0 saturated carbocycles. The number of ketones is 1. The zero-order valence-electron chi connectivity index (χ0n) is 16.4. The fourth-order valence-corrected chi connectivity index (χ4v) is 3.78. The number of aliphatic hydroxyl groups is 1. The highest BCUT2D eigenvalue weighted by Crippen LogP contribution is 2.43. The number of aromatic hydroxyl groups is 1. The third-order valence-corrected chi connectivity index (χ3v) is 5.42. The Labute approximate surface area is 187 Å². The van der Waals surface area contributed by atoms with Gasteiger partial charge in [-0.2, -0.15) is 0 Å². The van der Waals surface area contributed by atoms with Crippen molar-refractivity contribution in [2.24, 2.45) is 0 Å². The molecule has 0 radical (unpaired) electrons. The van der Waals surface area contributed by atoms with Crippen LogP contribution in [-0.2, 0) is 9.59 Å². The first-order valence-electron chi connectivity index (χ1n) is 9.48. The van der Waals surface area contributed by atoms with E-state index in [0.29, 0.717) is 16.1 Å². The van der Waals surface area contributed by atoms with Crippen LogP contribution in [0.1, 0.15) is 27.5 Å². The highest BCUT2D eigenvalue weighted by Gasteiger charge is 2.47. The number of carbonyl (C=O) groups excluding carboxylic acids is 2. The second kappa shape index (κ2) is 8.20. The monoisotopic (exact) mass is 449 g/mol. The lowest BCUT2D eigenvalue weighted by Crippen LogP contribution is -2.29. The lowest BCUT2D eigenvalue weighted by molar-refractivity contribution is -0.132. The number of phenols is 1. The third-order valence-electron chi connectivity index (χ3n) is 5.17. The summed E-state index contributed by atoms with van der Waals surface area (Å²) in [7, 11) is 0. The maximum Gasteiger partial charge on any atom is 0.339 e. The van der Waals surface area contributed by atoms with Crippen LogP contribution in [0.4, 0.5) is 5.69 Å². The number of nitrogens with zero attached hydrogens (tertiary/aromatic N) is 1. The summed E-state index contributed by atoms with van der Waals surface area (Å²) in [4.78, 5) is 38.7. The van der Waals surface area contributed by atoms with E-state index >= 15 is 0 Å². The zero-order valence-corrected chi connectivity index (χ0v) is 17.2. The second-order valence-corrected chi connectivity index (χ2v) is 7.53. The summed E-state index contributed by atoms with van der Waals surface area (Å²) in [6, 6.07) is 17.2. The Kier molecular flexibility index (Phi) is 5.42. The van der Waals surface area contributed by atoms with Gasteiger partial charge in [-0.05, 0) is 35.9 Å². The average Bonchev–Trinajstić information content (AvgIpc) is 3.05. The highest BCUT2D eigenvalue weighted by atomic mass is 35.5. The van der Waals surface area contributed by atoms with Crippen LogP contribution in [0.5, 0.6) is 5.75 Å². The van der Waals surface area contributed by atoms with E-state index in [1.165, 1.54) is 6.07 Å². The molecule has 0 aromatic heterocycles. The van der Waals surface area contributed by atoms with Crippen molar-refractivity contribution in [1.82, 2.24) is 0 Å². The Morgan fingerprint density at radius 1 is 0.906 bits per heavy atom. The fraction of sp³-hybridized carbons (Fsp3) is 0.0417. The van der Waals surface area contributed by atoms with Crippen molar-refractivity contribution in [3.05, 3.63) is 100 Å². The van der Waals surface area contributed by atoms with Gasteiger partial charge in [0.1, 0.15) is 17.1 Å². The third kappa shape index (κ3) is 3.59. The van der Waals surface area contributed by atoms with Crippen LogP contribution in [-0.4, -0.2) is 33.0 Å². The lowest BCUT2D eigenvalue weighted by atomic mass is 9.95. The van der Waals surface area contributed by atoms with Crippen LogP contribution in [0, 0.1) is 0 Å². The number of carboxylic acid groups (broad SMARTS) is 1. The highest BCUT2D eigenvalue weighted by molar-refractivity contribution is 6.51. The number of halogens is 1. The Morgan fingerprint density at radius 2 is 1.56 bits per heavy atom. The normalized spacial score (nSPS) is 17.5. The van der Waals surface area contributed by atoms with Crippen LogP contribution in [0.3, 0.4) is 0 Å². The van der Waals surface area contributed by atoms with Crippen molar-refractivity contribution in [3.63, 3.8) is 0 Å². The molecule has 3 N–H and O–H groups in total. The van der Waals surface area contributed by atoms with Gasteiger partial charge in [-0.3, -0.25) is 14.5 Å². The van der Waals surface area contributed by atoms with Crippen molar-refractivity contribution in [1.29, 1.82) is 0 Å².